The van der Waals surface area contributed by atoms with Crippen LogP contribution in [0, 0.1) is 0 Å². The van der Waals surface area contributed by atoms with E-state index in [0.29, 0.717) is 11.1 Å². The van der Waals surface area contributed by atoms with Gasteiger partial charge in [-0.3, -0.25) is 0 Å². The predicted octanol–water partition coefficient (Wildman–Crippen LogP) is 12.0. The first-order valence-corrected chi connectivity index (χ1v) is 17.5. The van der Waals surface area contributed by atoms with Crippen LogP contribution in [0.4, 0.5) is 0 Å². The monoisotopic (exact) mass is 579 g/mol. The lowest BCUT2D eigenvalue weighted by molar-refractivity contribution is -0.147. The zero-order valence-corrected chi connectivity index (χ0v) is 28.1. The number of hydrogen-bond acceptors (Lipinski definition) is 4. The molecule has 0 atom stereocenters. The number of carbonyl (C=O) groups is 2. The van der Waals surface area contributed by atoms with E-state index in [1.165, 1.54) is 161 Å². The highest BCUT2D eigenvalue weighted by Gasteiger charge is 2.05. The van der Waals surface area contributed by atoms with Crippen LogP contribution in [0.5, 0.6) is 0 Å². The van der Waals surface area contributed by atoms with Crippen molar-refractivity contribution in [2.75, 3.05) is 13.2 Å². The first-order chi connectivity index (χ1) is 19.9. The molecule has 0 amide bonds. The van der Waals surface area contributed by atoms with Crippen molar-refractivity contribution in [2.24, 2.45) is 0 Å². The van der Waals surface area contributed by atoms with Crippen LogP contribution < -0.4 is 0 Å². The molecule has 0 N–H and O–H groups in total. The molecule has 0 bridgehead atoms. The largest absolute Gasteiger partial charge is 0.459 e. The standard InChI is InChI=1S/C27H56.C10H14O4/c1-3-5-7-9-11-13-15-17-19-21-23-25-27-26-24-22-20-18-16-14-12-10-8-6-4-2;1-7(2)9(11)13-5-6-14-10(12)8(3)4/h3-27H2,1-2H3;1,3,5-6H2,2,4H3. The molecule has 0 aromatic rings. The van der Waals surface area contributed by atoms with Crippen molar-refractivity contribution in [3.63, 3.8) is 0 Å². The van der Waals surface area contributed by atoms with E-state index in [4.69, 9.17) is 0 Å². The van der Waals surface area contributed by atoms with Gasteiger partial charge in [0.05, 0.1) is 0 Å². The summed E-state index contributed by atoms with van der Waals surface area (Å²) in [6.45, 7) is 14.6. The predicted molar refractivity (Wildman–Crippen MR) is 178 cm³/mol. The van der Waals surface area contributed by atoms with E-state index in [1.54, 1.807) is 13.8 Å². The number of esters is 2. The highest BCUT2D eigenvalue weighted by molar-refractivity contribution is 5.87. The molecule has 0 aliphatic heterocycles. The Balaban J connectivity index is 0. The summed E-state index contributed by atoms with van der Waals surface area (Å²) in [5.74, 6) is -0.979. The molecule has 0 aliphatic rings. The molecule has 0 unspecified atom stereocenters. The van der Waals surface area contributed by atoms with E-state index in [9.17, 15) is 9.59 Å². The third-order valence-electron chi connectivity index (χ3n) is 7.45. The van der Waals surface area contributed by atoms with Gasteiger partial charge in [0.25, 0.3) is 0 Å². The van der Waals surface area contributed by atoms with Crippen molar-refractivity contribution < 1.29 is 19.1 Å². The summed E-state index contributed by atoms with van der Waals surface area (Å²) >= 11 is 0. The molecule has 0 heterocycles. The van der Waals surface area contributed by atoms with E-state index >= 15 is 0 Å². The summed E-state index contributed by atoms with van der Waals surface area (Å²) in [5.41, 5.74) is 0.632. The maximum atomic E-state index is 10.8. The Morgan fingerprint density at radius 1 is 0.390 bits per heavy atom. The van der Waals surface area contributed by atoms with Gasteiger partial charge >= 0.3 is 11.9 Å². The molecule has 41 heavy (non-hydrogen) atoms. The number of carbonyl (C=O) groups excluding carboxylic acids is 2. The summed E-state index contributed by atoms with van der Waals surface area (Å²) in [5, 5.41) is 0. The average Bonchev–Trinajstić information content (AvgIpc) is 2.95. The fourth-order valence-corrected chi connectivity index (χ4v) is 4.73. The van der Waals surface area contributed by atoms with Gasteiger partial charge in [-0.05, 0) is 13.8 Å². The van der Waals surface area contributed by atoms with Crippen LogP contribution >= 0.6 is 0 Å². The van der Waals surface area contributed by atoms with Gasteiger partial charge in [0.15, 0.2) is 0 Å². The molecule has 0 spiro atoms. The topological polar surface area (TPSA) is 52.6 Å². The molecule has 0 saturated carbocycles. The maximum Gasteiger partial charge on any atom is 0.333 e. The number of ether oxygens (including phenoxy) is 2. The first kappa shape index (κ1) is 41.6. The lowest BCUT2D eigenvalue weighted by Crippen LogP contribution is -2.14. The van der Waals surface area contributed by atoms with Gasteiger partial charge in [0, 0.05) is 11.1 Å². The fraction of sp³-hybridized carbons (Fsp3) is 0.838. The van der Waals surface area contributed by atoms with E-state index in [1.807, 2.05) is 0 Å². The molecule has 4 nitrogen and oxygen atoms in total. The van der Waals surface area contributed by atoms with Crippen LogP contribution in [0.2, 0.25) is 0 Å². The SMILES string of the molecule is C=C(C)C(=O)OCCOC(=O)C(=C)C.CCCCCCCCCCCCCCCCCCCCCCCCCCC. The molecule has 0 rings (SSSR count). The zero-order valence-electron chi connectivity index (χ0n) is 28.1. The minimum Gasteiger partial charge on any atom is -0.459 e. The van der Waals surface area contributed by atoms with E-state index in [2.05, 4.69) is 36.5 Å². The summed E-state index contributed by atoms with van der Waals surface area (Å²) in [7, 11) is 0. The van der Waals surface area contributed by atoms with Gasteiger partial charge in [-0.1, -0.05) is 188 Å². The molecule has 242 valence electrons. The normalized spacial score (nSPS) is 10.5. The Labute approximate surface area is 256 Å². The van der Waals surface area contributed by atoms with Crippen LogP contribution in [0.25, 0.3) is 0 Å². The second-order valence-electron chi connectivity index (χ2n) is 12.0. The summed E-state index contributed by atoms with van der Waals surface area (Å²) in [6, 6.07) is 0. The van der Waals surface area contributed by atoms with Crippen LogP contribution in [-0.2, 0) is 19.1 Å². The second-order valence-corrected chi connectivity index (χ2v) is 12.0. The van der Waals surface area contributed by atoms with Crippen molar-refractivity contribution in [2.45, 2.75) is 188 Å². The average molecular weight is 579 g/mol. The Kier molecular flexibility index (Phi) is 35.1. The van der Waals surface area contributed by atoms with Gasteiger partial charge in [0.1, 0.15) is 13.2 Å². The van der Waals surface area contributed by atoms with E-state index in [-0.39, 0.29) is 13.2 Å². The van der Waals surface area contributed by atoms with E-state index < -0.39 is 11.9 Å². The second kappa shape index (κ2) is 34.6. The number of unbranched alkanes of at least 4 members (excludes halogenated alkanes) is 24. The van der Waals surface area contributed by atoms with Crippen molar-refractivity contribution in [1.82, 2.24) is 0 Å². The minimum atomic E-state index is -0.489. The quantitative estimate of drug-likeness (QED) is 0.0503. The summed E-state index contributed by atoms with van der Waals surface area (Å²) in [6.07, 6.45) is 36.9. The molecule has 0 aromatic carbocycles. The Hall–Kier alpha value is -1.58. The number of hydrogen-bond donors (Lipinski definition) is 0. The third-order valence-corrected chi connectivity index (χ3v) is 7.45. The Morgan fingerprint density at radius 3 is 0.707 bits per heavy atom. The van der Waals surface area contributed by atoms with Crippen LogP contribution in [0.1, 0.15) is 188 Å². The Morgan fingerprint density at radius 2 is 0.561 bits per heavy atom. The van der Waals surface area contributed by atoms with Crippen molar-refractivity contribution in [3.05, 3.63) is 24.3 Å². The minimum absolute atomic E-state index is 0.0325. The van der Waals surface area contributed by atoms with Crippen LogP contribution in [0.15, 0.2) is 24.3 Å². The third kappa shape index (κ3) is 36.4. The lowest BCUT2D eigenvalue weighted by atomic mass is 10.0. The molecule has 0 radical (unpaired) electrons. The smallest absolute Gasteiger partial charge is 0.333 e. The molecular weight excluding hydrogens is 508 g/mol. The highest BCUT2D eigenvalue weighted by atomic mass is 16.6. The van der Waals surface area contributed by atoms with Gasteiger partial charge in [0.2, 0.25) is 0 Å². The fourth-order valence-electron chi connectivity index (χ4n) is 4.73. The van der Waals surface area contributed by atoms with Gasteiger partial charge in [-0.15, -0.1) is 0 Å². The number of rotatable bonds is 29. The lowest BCUT2D eigenvalue weighted by Gasteiger charge is -2.05. The van der Waals surface area contributed by atoms with Crippen molar-refractivity contribution >= 4 is 11.9 Å². The summed E-state index contributed by atoms with van der Waals surface area (Å²) < 4.78 is 9.38. The van der Waals surface area contributed by atoms with Gasteiger partial charge < -0.3 is 9.47 Å². The zero-order chi connectivity index (χ0) is 30.8. The van der Waals surface area contributed by atoms with Crippen LogP contribution in [0.3, 0.4) is 0 Å². The maximum absolute atomic E-state index is 10.8. The molecule has 4 heteroatoms. The molecular formula is C37H70O4. The van der Waals surface area contributed by atoms with Gasteiger partial charge in [-0.25, -0.2) is 9.59 Å². The highest BCUT2D eigenvalue weighted by Crippen LogP contribution is 2.15. The van der Waals surface area contributed by atoms with Crippen LogP contribution in [-0.4, -0.2) is 25.2 Å². The first-order valence-electron chi connectivity index (χ1n) is 17.5. The van der Waals surface area contributed by atoms with E-state index in [0.717, 1.165) is 0 Å². The summed E-state index contributed by atoms with van der Waals surface area (Å²) in [4.78, 5) is 21.7. The molecule has 0 fully saturated rings. The van der Waals surface area contributed by atoms with Gasteiger partial charge in [-0.2, -0.15) is 0 Å². The molecule has 0 aromatic heterocycles. The molecule has 0 saturated heterocycles. The van der Waals surface area contributed by atoms with Crippen molar-refractivity contribution in [1.29, 1.82) is 0 Å². The Bertz CT molecular complexity index is 558. The molecule has 0 aliphatic carbocycles. The van der Waals surface area contributed by atoms with Crippen molar-refractivity contribution in [3.8, 4) is 0 Å².